The number of hydrogen-bond acceptors (Lipinski definition) is 10. The van der Waals surface area contributed by atoms with Crippen LogP contribution in [-0.2, 0) is 14.3 Å². The van der Waals surface area contributed by atoms with E-state index in [0.29, 0.717) is 39.9 Å². The van der Waals surface area contributed by atoms with Crippen LogP contribution >= 0.6 is 11.8 Å². The van der Waals surface area contributed by atoms with Gasteiger partial charge in [0.1, 0.15) is 13.2 Å². The molecule has 0 radical (unpaired) electrons. The molecule has 0 bridgehead atoms. The van der Waals surface area contributed by atoms with E-state index in [1.807, 2.05) is 0 Å². The molecule has 0 N–H and O–H groups in total. The van der Waals surface area contributed by atoms with Crippen LogP contribution in [0.5, 0.6) is 28.7 Å². The molecule has 0 saturated heterocycles. The first kappa shape index (κ1) is 29.3. The largest absolute Gasteiger partial charge is 0.493 e. The molecule has 0 aliphatic carbocycles. The normalized spacial score (nSPS) is 10.8. The molecule has 2 rings (SSSR count). The fraction of sp³-hybridized carbons (Fsp3) is 0.296. The van der Waals surface area contributed by atoms with Crippen molar-refractivity contribution in [1.29, 1.82) is 0 Å². The summed E-state index contributed by atoms with van der Waals surface area (Å²) in [6.07, 6.45) is 6.04. The number of hydrogen-bond donors (Lipinski definition) is 0. The number of carbonyl (C=O) groups excluding carboxylic acids is 3. The molecular weight excluding hydrogens is 500 g/mol. The standard InChI is InChI=1S/C27H30O9S/c1-6-7-26(30)37-17-25(29)36-13-12-35-22-14-18(9-11-21(22)31-2)8-10-20(28)19-15-23(32-3)27(34-5)24(16-19)33-4/h6-11,14-16H,12-13,17H2,1-5H3/b7-6+,10-8+. The second kappa shape index (κ2) is 15.2. The second-order valence-electron chi connectivity index (χ2n) is 7.20. The molecular formula is C27H30O9S. The third-order valence-electron chi connectivity index (χ3n) is 4.80. The van der Waals surface area contributed by atoms with Gasteiger partial charge in [-0.25, -0.2) is 0 Å². The molecule has 198 valence electrons. The number of ether oxygens (including phenoxy) is 6. The Bertz CT molecular complexity index is 1130. The van der Waals surface area contributed by atoms with Gasteiger partial charge in [-0.05, 0) is 48.9 Å². The van der Waals surface area contributed by atoms with Crippen molar-refractivity contribution in [2.45, 2.75) is 6.92 Å². The van der Waals surface area contributed by atoms with Crippen LogP contribution in [-0.4, -0.2) is 64.3 Å². The Morgan fingerprint density at radius 3 is 2.08 bits per heavy atom. The Morgan fingerprint density at radius 1 is 0.811 bits per heavy atom. The average Bonchev–Trinajstić information content (AvgIpc) is 2.92. The zero-order chi connectivity index (χ0) is 27.2. The molecule has 0 fully saturated rings. The number of carbonyl (C=O) groups is 3. The number of ketones is 1. The first-order valence-corrected chi connectivity index (χ1v) is 12.1. The van der Waals surface area contributed by atoms with E-state index in [2.05, 4.69) is 0 Å². The fourth-order valence-corrected chi connectivity index (χ4v) is 3.64. The third kappa shape index (κ3) is 8.91. The van der Waals surface area contributed by atoms with Crippen LogP contribution in [0.1, 0.15) is 22.8 Å². The van der Waals surface area contributed by atoms with Gasteiger partial charge in [-0.15, -0.1) is 0 Å². The first-order valence-electron chi connectivity index (χ1n) is 11.1. The van der Waals surface area contributed by atoms with E-state index in [9.17, 15) is 14.4 Å². The summed E-state index contributed by atoms with van der Waals surface area (Å²) in [6, 6.07) is 8.32. The highest BCUT2D eigenvalue weighted by molar-refractivity contribution is 8.14. The molecule has 2 aromatic carbocycles. The molecule has 0 aliphatic rings. The monoisotopic (exact) mass is 530 g/mol. The summed E-state index contributed by atoms with van der Waals surface area (Å²) in [5.41, 5.74) is 1.05. The van der Waals surface area contributed by atoms with Crippen LogP contribution in [0, 0.1) is 0 Å². The average molecular weight is 531 g/mol. The van der Waals surface area contributed by atoms with E-state index in [4.69, 9.17) is 28.4 Å². The summed E-state index contributed by atoms with van der Waals surface area (Å²) < 4.78 is 32.0. The maximum atomic E-state index is 12.8. The van der Waals surface area contributed by atoms with Crippen LogP contribution in [0.2, 0.25) is 0 Å². The molecule has 10 heteroatoms. The van der Waals surface area contributed by atoms with Gasteiger partial charge in [0.25, 0.3) is 0 Å². The van der Waals surface area contributed by atoms with E-state index in [1.54, 1.807) is 49.4 Å². The van der Waals surface area contributed by atoms with E-state index >= 15 is 0 Å². The molecule has 0 unspecified atom stereocenters. The number of methoxy groups -OCH3 is 4. The second-order valence-corrected chi connectivity index (χ2v) is 8.18. The van der Waals surface area contributed by atoms with Crippen LogP contribution < -0.4 is 23.7 Å². The van der Waals surface area contributed by atoms with E-state index in [1.165, 1.54) is 40.6 Å². The number of thioether (sulfide) groups is 1. The number of esters is 1. The molecule has 9 nitrogen and oxygen atoms in total. The molecule has 0 heterocycles. The molecule has 0 aliphatic heterocycles. The molecule has 2 aromatic rings. The van der Waals surface area contributed by atoms with Gasteiger partial charge in [-0.2, -0.15) is 0 Å². The topological polar surface area (TPSA) is 107 Å². The van der Waals surface area contributed by atoms with Crippen LogP contribution in [0.4, 0.5) is 0 Å². The summed E-state index contributed by atoms with van der Waals surface area (Å²) in [7, 11) is 5.95. The molecule has 37 heavy (non-hydrogen) atoms. The Kier molecular flexibility index (Phi) is 12.1. The molecule has 0 spiro atoms. The lowest BCUT2D eigenvalue weighted by Gasteiger charge is -2.13. The van der Waals surface area contributed by atoms with Crippen molar-refractivity contribution in [1.82, 2.24) is 0 Å². The summed E-state index contributed by atoms with van der Waals surface area (Å²) in [5, 5.41) is -0.214. The Labute approximate surface area is 220 Å². The molecule has 0 saturated carbocycles. The minimum Gasteiger partial charge on any atom is -0.493 e. The highest BCUT2D eigenvalue weighted by Crippen LogP contribution is 2.38. The number of benzene rings is 2. The van der Waals surface area contributed by atoms with Crippen LogP contribution in [0.15, 0.2) is 48.6 Å². The highest BCUT2D eigenvalue weighted by Gasteiger charge is 2.16. The molecule has 0 atom stereocenters. The van der Waals surface area contributed by atoms with Gasteiger partial charge >= 0.3 is 5.97 Å². The lowest BCUT2D eigenvalue weighted by atomic mass is 10.1. The van der Waals surface area contributed by atoms with Gasteiger partial charge in [0.15, 0.2) is 28.8 Å². The minimum atomic E-state index is -0.514. The van der Waals surface area contributed by atoms with Crippen molar-refractivity contribution < 1.29 is 42.8 Å². The van der Waals surface area contributed by atoms with E-state index in [0.717, 1.165) is 11.8 Å². The third-order valence-corrected chi connectivity index (χ3v) is 5.60. The van der Waals surface area contributed by atoms with Crippen molar-refractivity contribution in [2.24, 2.45) is 0 Å². The minimum absolute atomic E-state index is 0.0000431. The van der Waals surface area contributed by atoms with Gasteiger partial charge < -0.3 is 28.4 Å². The molecule has 0 aromatic heterocycles. The Morgan fingerprint density at radius 2 is 1.49 bits per heavy atom. The number of rotatable bonds is 14. The Hall–Kier alpha value is -3.92. The lowest BCUT2D eigenvalue weighted by molar-refractivity contribution is -0.141. The highest BCUT2D eigenvalue weighted by atomic mass is 32.2. The van der Waals surface area contributed by atoms with Crippen LogP contribution in [0.3, 0.4) is 0 Å². The Balaban J connectivity index is 2.03. The fourth-order valence-electron chi connectivity index (χ4n) is 3.06. The quantitative estimate of drug-likeness (QED) is 0.151. The van der Waals surface area contributed by atoms with Crippen molar-refractivity contribution in [2.75, 3.05) is 47.4 Å². The predicted octanol–water partition coefficient (Wildman–Crippen LogP) is 4.38. The van der Waals surface area contributed by atoms with Gasteiger partial charge in [0, 0.05) is 5.56 Å². The van der Waals surface area contributed by atoms with Crippen molar-refractivity contribution in [3.8, 4) is 28.7 Å². The van der Waals surface area contributed by atoms with Crippen molar-refractivity contribution >= 4 is 34.7 Å². The maximum Gasteiger partial charge on any atom is 0.316 e. The van der Waals surface area contributed by atoms with Gasteiger partial charge in [0.2, 0.25) is 10.9 Å². The SMILES string of the molecule is C/C=C/C(=O)SCC(=O)OCCOc1cc(/C=C/C(=O)c2cc(OC)c(OC)c(OC)c2)ccc1OC. The molecule has 0 amide bonds. The zero-order valence-electron chi connectivity index (χ0n) is 21.4. The summed E-state index contributed by atoms with van der Waals surface area (Å²) in [6.45, 7) is 1.80. The first-order chi connectivity index (χ1) is 17.9. The summed E-state index contributed by atoms with van der Waals surface area (Å²) in [4.78, 5) is 36.0. The van der Waals surface area contributed by atoms with Crippen molar-refractivity contribution in [3.05, 3.63) is 59.7 Å². The zero-order valence-corrected chi connectivity index (χ0v) is 22.2. The summed E-state index contributed by atoms with van der Waals surface area (Å²) in [5.74, 6) is 1.19. The van der Waals surface area contributed by atoms with E-state index in [-0.39, 0.29) is 29.9 Å². The smallest absolute Gasteiger partial charge is 0.316 e. The number of allylic oxidation sites excluding steroid dienone is 2. The van der Waals surface area contributed by atoms with Gasteiger partial charge in [0.05, 0.1) is 34.2 Å². The van der Waals surface area contributed by atoms with Gasteiger partial charge in [-0.1, -0.05) is 30.0 Å². The van der Waals surface area contributed by atoms with Crippen molar-refractivity contribution in [3.63, 3.8) is 0 Å². The van der Waals surface area contributed by atoms with Crippen LogP contribution in [0.25, 0.3) is 6.08 Å². The predicted molar refractivity (Wildman–Crippen MR) is 141 cm³/mol. The lowest BCUT2D eigenvalue weighted by Crippen LogP contribution is -2.14. The van der Waals surface area contributed by atoms with E-state index < -0.39 is 5.97 Å². The summed E-state index contributed by atoms with van der Waals surface area (Å²) >= 11 is 0.867. The maximum absolute atomic E-state index is 12.8. The van der Waals surface area contributed by atoms with Gasteiger partial charge in [-0.3, -0.25) is 14.4 Å².